The van der Waals surface area contributed by atoms with Crippen LogP contribution in [0, 0.1) is 0 Å². The summed E-state index contributed by atoms with van der Waals surface area (Å²) in [7, 11) is 0. The summed E-state index contributed by atoms with van der Waals surface area (Å²) in [5.41, 5.74) is 2.71. The average Bonchev–Trinajstić information content (AvgIpc) is 3.42. The van der Waals surface area contributed by atoms with Crippen LogP contribution in [0.15, 0.2) is 55.4 Å². The number of rotatable bonds is 5. The predicted octanol–water partition coefficient (Wildman–Crippen LogP) is 3.17. The number of fused-ring (bicyclic) bond motifs is 3. The highest BCUT2D eigenvalue weighted by Crippen LogP contribution is 2.33. The van der Waals surface area contributed by atoms with Crippen molar-refractivity contribution in [1.29, 1.82) is 0 Å². The molecule has 7 rings (SSSR count). The lowest BCUT2D eigenvalue weighted by Gasteiger charge is -2.43. The van der Waals surface area contributed by atoms with Crippen molar-refractivity contribution in [2.75, 3.05) is 49.6 Å². The molecule has 0 bridgehead atoms. The lowest BCUT2D eigenvalue weighted by molar-refractivity contribution is -0.0118. The average molecular weight is 531 g/mol. The summed E-state index contributed by atoms with van der Waals surface area (Å²) in [6, 6.07) is 9.40. The summed E-state index contributed by atoms with van der Waals surface area (Å²) < 4.78 is 13.3. The third-order valence-corrected chi connectivity index (χ3v) is 7.06. The molecule has 2 aliphatic rings. The Hall–Kier alpha value is -4.13. The summed E-state index contributed by atoms with van der Waals surface area (Å²) >= 11 is 6.57. The first-order chi connectivity index (χ1) is 18.7. The number of morpholine rings is 1. The van der Waals surface area contributed by atoms with Crippen molar-refractivity contribution in [2.45, 2.75) is 6.04 Å². The van der Waals surface area contributed by atoms with Crippen LogP contribution in [-0.2, 0) is 4.74 Å². The molecular formula is C25H23ClN10O2. The van der Waals surface area contributed by atoms with Crippen LogP contribution in [0.2, 0.25) is 5.02 Å². The number of nitrogens with one attached hydrogen (secondary N) is 1. The van der Waals surface area contributed by atoms with Gasteiger partial charge in [0.1, 0.15) is 35.2 Å². The number of aromatic nitrogens is 7. The second-order valence-corrected chi connectivity index (χ2v) is 9.54. The number of anilines is 3. The Bertz CT molecular complexity index is 1630. The number of piperazine rings is 1. The highest BCUT2D eigenvalue weighted by Gasteiger charge is 2.30. The minimum Gasteiger partial charge on any atom is -0.456 e. The summed E-state index contributed by atoms with van der Waals surface area (Å²) in [5, 5.41) is 7.86. The van der Waals surface area contributed by atoms with Crippen molar-refractivity contribution >= 4 is 45.7 Å². The zero-order valence-electron chi connectivity index (χ0n) is 20.2. The molecule has 0 aliphatic carbocycles. The standard InChI is InChI=1S/C25H23ClN10O2/c26-19-9-16(1-2-21(19)38-18-3-4-36-22(10-18)29-15-31-36)32-24-23-20(28-14-30-24)11-27-25(33-23)35-6-5-34-7-8-37-13-17(34)12-35/h1-4,9-11,14-15,17H,5-8,12-13H2,(H,28,30,32)/t17-/m1/s1. The molecule has 0 radical (unpaired) electrons. The van der Waals surface area contributed by atoms with Gasteiger partial charge in [-0.3, -0.25) is 4.90 Å². The maximum Gasteiger partial charge on any atom is 0.226 e. The number of hydrogen-bond acceptors (Lipinski definition) is 11. The zero-order valence-corrected chi connectivity index (χ0v) is 21.0. The predicted molar refractivity (Wildman–Crippen MR) is 141 cm³/mol. The van der Waals surface area contributed by atoms with Gasteiger partial charge in [0.15, 0.2) is 11.5 Å². The Balaban J connectivity index is 1.12. The topological polar surface area (TPSA) is 119 Å². The third-order valence-electron chi connectivity index (χ3n) is 6.76. The highest BCUT2D eigenvalue weighted by atomic mass is 35.5. The van der Waals surface area contributed by atoms with E-state index >= 15 is 0 Å². The first-order valence-corrected chi connectivity index (χ1v) is 12.7. The van der Waals surface area contributed by atoms with Crippen molar-refractivity contribution in [3.8, 4) is 11.5 Å². The summed E-state index contributed by atoms with van der Waals surface area (Å²) in [5.74, 6) is 2.36. The monoisotopic (exact) mass is 530 g/mol. The van der Waals surface area contributed by atoms with E-state index in [-0.39, 0.29) is 0 Å². The van der Waals surface area contributed by atoms with Crippen LogP contribution in [0.3, 0.4) is 0 Å². The SMILES string of the molecule is Clc1cc(Nc2ncnc3cnc(N4CCN5CCOC[C@H]5C4)nc23)ccc1Oc1ccn2ncnc2c1. The van der Waals surface area contributed by atoms with Gasteiger partial charge in [-0.15, -0.1) is 0 Å². The van der Waals surface area contributed by atoms with Crippen LogP contribution in [0.4, 0.5) is 17.5 Å². The van der Waals surface area contributed by atoms with E-state index in [1.165, 1.54) is 12.7 Å². The molecule has 0 spiro atoms. The van der Waals surface area contributed by atoms with Gasteiger partial charge in [0.2, 0.25) is 5.95 Å². The lowest BCUT2D eigenvalue weighted by Crippen LogP contribution is -2.58. The Morgan fingerprint density at radius 3 is 2.95 bits per heavy atom. The molecule has 0 unspecified atom stereocenters. The second kappa shape index (κ2) is 9.63. The molecule has 2 saturated heterocycles. The van der Waals surface area contributed by atoms with Gasteiger partial charge in [-0.05, 0) is 24.3 Å². The fourth-order valence-corrected chi connectivity index (χ4v) is 5.02. The van der Waals surface area contributed by atoms with Gasteiger partial charge in [0, 0.05) is 44.1 Å². The Labute approximate surface area is 222 Å². The molecule has 192 valence electrons. The van der Waals surface area contributed by atoms with E-state index in [2.05, 4.69) is 40.2 Å². The molecule has 1 N–H and O–H groups in total. The Kier molecular flexibility index (Phi) is 5.84. The molecular weight excluding hydrogens is 508 g/mol. The number of ether oxygens (including phenoxy) is 2. The minimum atomic E-state index is 0.350. The molecule has 1 aromatic carbocycles. The van der Waals surface area contributed by atoms with Crippen molar-refractivity contribution in [3.05, 3.63) is 60.4 Å². The van der Waals surface area contributed by atoms with Gasteiger partial charge in [0.05, 0.1) is 30.5 Å². The number of pyridine rings is 1. The molecule has 5 aromatic rings. The minimum absolute atomic E-state index is 0.350. The first kappa shape index (κ1) is 23.0. The lowest BCUT2D eigenvalue weighted by atomic mass is 10.1. The van der Waals surface area contributed by atoms with Crippen molar-refractivity contribution in [3.63, 3.8) is 0 Å². The van der Waals surface area contributed by atoms with Crippen molar-refractivity contribution in [2.24, 2.45) is 0 Å². The number of halogens is 1. The number of nitrogens with zero attached hydrogens (tertiary/aromatic N) is 9. The van der Waals surface area contributed by atoms with Gasteiger partial charge in [-0.1, -0.05) is 11.6 Å². The number of benzene rings is 1. The van der Waals surface area contributed by atoms with E-state index in [0.29, 0.717) is 51.0 Å². The molecule has 6 heterocycles. The maximum atomic E-state index is 6.57. The quantitative estimate of drug-likeness (QED) is 0.361. The molecule has 2 aliphatic heterocycles. The maximum absolute atomic E-state index is 6.57. The smallest absolute Gasteiger partial charge is 0.226 e. The van der Waals surface area contributed by atoms with Gasteiger partial charge in [-0.2, -0.15) is 5.10 Å². The number of hydrogen-bond donors (Lipinski definition) is 1. The summed E-state index contributed by atoms with van der Waals surface area (Å²) in [6.45, 7) is 5.15. The summed E-state index contributed by atoms with van der Waals surface area (Å²) in [6.07, 6.45) is 6.50. The zero-order chi connectivity index (χ0) is 25.5. The van der Waals surface area contributed by atoms with Crippen LogP contribution in [0.1, 0.15) is 0 Å². The third kappa shape index (κ3) is 4.42. The fraction of sp³-hybridized carbons (Fsp3) is 0.280. The Morgan fingerprint density at radius 1 is 1.03 bits per heavy atom. The van der Waals surface area contributed by atoms with E-state index in [1.807, 2.05) is 6.07 Å². The van der Waals surface area contributed by atoms with Gasteiger partial charge >= 0.3 is 0 Å². The van der Waals surface area contributed by atoms with Crippen LogP contribution < -0.4 is 15.0 Å². The Morgan fingerprint density at radius 2 is 2.00 bits per heavy atom. The van der Waals surface area contributed by atoms with E-state index in [0.717, 1.165) is 45.1 Å². The molecule has 13 heteroatoms. The molecule has 38 heavy (non-hydrogen) atoms. The normalized spacial score (nSPS) is 18.0. The highest BCUT2D eigenvalue weighted by molar-refractivity contribution is 6.32. The fourth-order valence-electron chi connectivity index (χ4n) is 4.80. The van der Waals surface area contributed by atoms with E-state index < -0.39 is 0 Å². The van der Waals surface area contributed by atoms with Crippen molar-refractivity contribution in [1.82, 2.24) is 39.4 Å². The molecule has 0 amide bonds. The molecule has 0 saturated carbocycles. The van der Waals surface area contributed by atoms with Crippen LogP contribution in [0.5, 0.6) is 11.5 Å². The molecule has 1 atom stereocenters. The van der Waals surface area contributed by atoms with E-state index in [9.17, 15) is 0 Å². The van der Waals surface area contributed by atoms with Gasteiger partial charge in [-0.25, -0.2) is 29.4 Å². The van der Waals surface area contributed by atoms with E-state index in [1.54, 1.807) is 41.2 Å². The molecule has 12 nitrogen and oxygen atoms in total. The summed E-state index contributed by atoms with van der Waals surface area (Å²) in [4.78, 5) is 27.1. The van der Waals surface area contributed by atoms with Crippen LogP contribution >= 0.6 is 11.6 Å². The largest absolute Gasteiger partial charge is 0.456 e. The molecule has 2 fully saturated rings. The van der Waals surface area contributed by atoms with Crippen molar-refractivity contribution < 1.29 is 9.47 Å². The van der Waals surface area contributed by atoms with Gasteiger partial charge < -0.3 is 19.7 Å². The van der Waals surface area contributed by atoms with Gasteiger partial charge in [0.25, 0.3) is 0 Å². The molecule has 4 aromatic heterocycles. The first-order valence-electron chi connectivity index (χ1n) is 12.3. The van der Waals surface area contributed by atoms with E-state index in [4.69, 9.17) is 26.1 Å². The second-order valence-electron chi connectivity index (χ2n) is 9.13. The van der Waals surface area contributed by atoms with Crippen LogP contribution in [-0.4, -0.2) is 84.9 Å². The van der Waals surface area contributed by atoms with Crippen LogP contribution in [0.25, 0.3) is 16.7 Å².